The first-order valence-electron chi connectivity index (χ1n) is 7.19. The first-order chi connectivity index (χ1) is 9.67. The highest BCUT2D eigenvalue weighted by Gasteiger charge is 2.30. The van der Waals surface area contributed by atoms with E-state index in [2.05, 4.69) is 5.32 Å². The summed E-state index contributed by atoms with van der Waals surface area (Å²) < 4.78 is 13.3. The summed E-state index contributed by atoms with van der Waals surface area (Å²) in [6.07, 6.45) is 5.67. The summed E-state index contributed by atoms with van der Waals surface area (Å²) >= 11 is 0. The molecule has 0 spiro atoms. The Labute approximate surface area is 119 Å². The lowest BCUT2D eigenvalue weighted by Crippen LogP contribution is -2.38. The molecule has 0 saturated heterocycles. The Morgan fingerprint density at radius 2 is 2.00 bits per heavy atom. The Balaban J connectivity index is 1.92. The molecule has 108 valence electrons. The molecular weight excluding hydrogens is 255 g/mol. The molecule has 0 heterocycles. The number of nitriles is 1. The number of halogens is 1. The molecule has 0 bridgehead atoms. The van der Waals surface area contributed by atoms with Gasteiger partial charge in [0.25, 0.3) is 0 Å². The van der Waals surface area contributed by atoms with E-state index in [9.17, 15) is 9.50 Å². The maximum absolute atomic E-state index is 13.3. The summed E-state index contributed by atoms with van der Waals surface area (Å²) in [5, 5.41) is 21.8. The molecule has 0 atom stereocenters. The van der Waals surface area contributed by atoms with Crippen molar-refractivity contribution in [2.45, 2.75) is 38.6 Å². The fraction of sp³-hybridized carbons (Fsp3) is 0.562. The Kier molecular flexibility index (Phi) is 5.11. The topological polar surface area (TPSA) is 56.0 Å². The first kappa shape index (κ1) is 15.0. The van der Waals surface area contributed by atoms with Gasteiger partial charge in [-0.2, -0.15) is 5.26 Å². The first-order valence-corrected chi connectivity index (χ1v) is 7.19. The predicted octanol–water partition coefficient (Wildman–Crippen LogP) is 2.73. The molecule has 2 N–H and O–H groups in total. The van der Waals surface area contributed by atoms with Crippen molar-refractivity contribution < 1.29 is 9.50 Å². The van der Waals surface area contributed by atoms with Crippen LogP contribution < -0.4 is 5.32 Å². The average molecular weight is 276 g/mol. The Morgan fingerprint density at radius 3 is 2.65 bits per heavy atom. The third kappa shape index (κ3) is 3.78. The van der Waals surface area contributed by atoms with Gasteiger partial charge in [-0.3, -0.25) is 0 Å². The lowest BCUT2D eigenvalue weighted by Gasteiger charge is -2.35. The van der Waals surface area contributed by atoms with Crippen LogP contribution >= 0.6 is 0 Å². The molecule has 2 rings (SSSR count). The third-order valence-corrected chi connectivity index (χ3v) is 4.17. The molecule has 1 fully saturated rings. The molecule has 20 heavy (non-hydrogen) atoms. The van der Waals surface area contributed by atoms with Gasteiger partial charge >= 0.3 is 0 Å². The minimum absolute atomic E-state index is 0.0242. The molecule has 4 heteroatoms. The van der Waals surface area contributed by atoms with E-state index in [0.29, 0.717) is 12.1 Å². The van der Waals surface area contributed by atoms with Gasteiger partial charge in [-0.1, -0.05) is 19.3 Å². The number of aliphatic hydroxyl groups is 1. The third-order valence-electron chi connectivity index (χ3n) is 4.17. The minimum atomic E-state index is -0.379. The van der Waals surface area contributed by atoms with Crippen LogP contribution in [-0.4, -0.2) is 18.3 Å². The summed E-state index contributed by atoms with van der Waals surface area (Å²) in [6.45, 7) is 1.46. The van der Waals surface area contributed by atoms with E-state index in [1.54, 1.807) is 6.07 Å². The molecule has 0 radical (unpaired) electrons. The molecule has 0 aromatic heterocycles. The second-order valence-corrected chi connectivity index (χ2v) is 5.78. The second-order valence-electron chi connectivity index (χ2n) is 5.78. The van der Waals surface area contributed by atoms with Gasteiger partial charge in [0.05, 0.1) is 11.6 Å². The fourth-order valence-electron chi connectivity index (χ4n) is 2.98. The maximum Gasteiger partial charge on any atom is 0.124 e. The van der Waals surface area contributed by atoms with Crippen LogP contribution in [-0.2, 0) is 6.54 Å². The lowest BCUT2D eigenvalue weighted by molar-refractivity contribution is 0.0810. The van der Waals surface area contributed by atoms with Crippen molar-refractivity contribution in [2.75, 3.05) is 13.2 Å². The summed E-state index contributed by atoms with van der Waals surface area (Å²) in [5.41, 5.74) is 1.09. The summed E-state index contributed by atoms with van der Waals surface area (Å²) in [7, 11) is 0. The predicted molar refractivity (Wildman–Crippen MR) is 75.4 cm³/mol. The molecule has 1 aromatic carbocycles. The average Bonchev–Trinajstić information content (AvgIpc) is 2.47. The maximum atomic E-state index is 13.3. The number of hydrogen-bond acceptors (Lipinski definition) is 3. The van der Waals surface area contributed by atoms with Crippen molar-refractivity contribution in [3.8, 4) is 6.07 Å². The molecule has 1 aliphatic carbocycles. The molecule has 3 nitrogen and oxygen atoms in total. The van der Waals surface area contributed by atoms with Crippen LogP contribution in [0.5, 0.6) is 0 Å². The van der Waals surface area contributed by atoms with Crippen LogP contribution in [0.1, 0.15) is 43.2 Å². The van der Waals surface area contributed by atoms with Crippen molar-refractivity contribution in [1.82, 2.24) is 5.32 Å². The van der Waals surface area contributed by atoms with Crippen LogP contribution in [0.2, 0.25) is 0 Å². The molecule has 0 unspecified atom stereocenters. The van der Waals surface area contributed by atoms with Crippen molar-refractivity contribution in [3.63, 3.8) is 0 Å². The van der Waals surface area contributed by atoms with Gasteiger partial charge in [0.1, 0.15) is 5.82 Å². The van der Waals surface area contributed by atoms with Crippen molar-refractivity contribution in [2.24, 2.45) is 5.41 Å². The van der Waals surface area contributed by atoms with E-state index in [1.807, 2.05) is 6.07 Å². The Morgan fingerprint density at radius 1 is 1.25 bits per heavy atom. The van der Waals surface area contributed by atoms with Crippen molar-refractivity contribution >= 4 is 0 Å². The van der Waals surface area contributed by atoms with Gasteiger partial charge in [-0.25, -0.2) is 4.39 Å². The molecular formula is C16H21FN2O. The van der Waals surface area contributed by atoms with Crippen molar-refractivity contribution in [3.05, 3.63) is 35.1 Å². The van der Waals surface area contributed by atoms with E-state index in [-0.39, 0.29) is 17.8 Å². The zero-order valence-corrected chi connectivity index (χ0v) is 11.7. The number of rotatable bonds is 5. The van der Waals surface area contributed by atoms with E-state index in [0.717, 1.165) is 24.9 Å². The number of nitrogens with zero attached hydrogens (tertiary/aromatic N) is 1. The molecule has 0 aliphatic heterocycles. The lowest BCUT2D eigenvalue weighted by atomic mass is 9.74. The second kappa shape index (κ2) is 6.83. The van der Waals surface area contributed by atoms with Crippen LogP contribution in [0.3, 0.4) is 0 Å². The highest BCUT2D eigenvalue weighted by atomic mass is 19.1. The van der Waals surface area contributed by atoms with Crippen LogP contribution in [0.4, 0.5) is 4.39 Å². The number of aliphatic hydroxyl groups excluding tert-OH is 1. The Hall–Kier alpha value is -1.44. The zero-order chi connectivity index (χ0) is 14.4. The van der Waals surface area contributed by atoms with Gasteiger partial charge in [-0.15, -0.1) is 0 Å². The summed E-state index contributed by atoms with van der Waals surface area (Å²) in [6, 6.07) is 6.34. The van der Waals surface area contributed by atoms with Gasteiger partial charge in [0, 0.05) is 25.1 Å². The smallest absolute Gasteiger partial charge is 0.124 e. The number of hydrogen-bond donors (Lipinski definition) is 2. The molecule has 1 aromatic rings. The fourth-order valence-corrected chi connectivity index (χ4v) is 2.98. The molecule has 1 saturated carbocycles. The molecule has 1 aliphatic rings. The van der Waals surface area contributed by atoms with E-state index in [1.165, 1.54) is 31.4 Å². The van der Waals surface area contributed by atoms with Gasteiger partial charge < -0.3 is 10.4 Å². The standard InChI is InChI=1S/C16H21FN2O/c17-15-7-13(9-18)6-14(8-15)10-19-11-16(12-20)4-2-1-3-5-16/h6-8,19-20H,1-5,10-12H2. The number of benzene rings is 1. The quantitative estimate of drug-likeness (QED) is 0.869. The largest absolute Gasteiger partial charge is 0.396 e. The van der Waals surface area contributed by atoms with Gasteiger partial charge in [0.15, 0.2) is 0 Å². The van der Waals surface area contributed by atoms with Crippen LogP contribution in [0.25, 0.3) is 0 Å². The normalized spacial score (nSPS) is 17.6. The highest BCUT2D eigenvalue weighted by Crippen LogP contribution is 2.35. The van der Waals surface area contributed by atoms with E-state index < -0.39 is 0 Å². The zero-order valence-electron chi connectivity index (χ0n) is 11.7. The molecule has 0 amide bonds. The van der Waals surface area contributed by atoms with Crippen LogP contribution in [0, 0.1) is 22.6 Å². The van der Waals surface area contributed by atoms with E-state index >= 15 is 0 Å². The summed E-state index contributed by atoms with van der Waals surface area (Å²) in [5.74, 6) is -0.379. The van der Waals surface area contributed by atoms with E-state index in [4.69, 9.17) is 5.26 Å². The highest BCUT2D eigenvalue weighted by molar-refractivity contribution is 5.33. The summed E-state index contributed by atoms with van der Waals surface area (Å²) in [4.78, 5) is 0. The SMILES string of the molecule is N#Cc1cc(F)cc(CNCC2(CO)CCCCC2)c1. The monoisotopic (exact) mass is 276 g/mol. The van der Waals surface area contributed by atoms with Gasteiger partial charge in [0.2, 0.25) is 0 Å². The minimum Gasteiger partial charge on any atom is -0.396 e. The van der Waals surface area contributed by atoms with Gasteiger partial charge in [-0.05, 0) is 36.6 Å². The number of nitrogens with one attached hydrogen (secondary N) is 1. The Bertz CT molecular complexity index is 490. The van der Waals surface area contributed by atoms with Crippen LogP contribution in [0.15, 0.2) is 18.2 Å². The van der Waals surface area contributed by atoms with Crippen molar-refractivity contribution in [1.29, 1.82) is 5.26 Å².